The molecule has 0 spiro atoms. The average Bonchev–Trinajstić information content (AvgIpc) is 2.33. The summed E-state index contributed by atoms with van der Waals surface area (Å²) in [5, 5.41) is 11.0. The second-order valence-electron chi connectivity index (χ2n) is 3.78. The van der Waals surface area contributed by atoms with E-state index in [9.17, 15) is 0 Å². The number of rotatable bonds is 2. The molecule has 2 aromatic carbocycles. The molecule has 1 heteroatoms. The Morgan fingerprint density at radius 1 is 1.12 bits per heavy atom. The average molecular weight is 207 g/mol. The molecular weight excluding hydrogens is 194 g/mol. The maximum atomic E-state index is 8.50. The summed E-state index contributed by atoms with van der Waals surface area (Å²) in [6.45, 7) is 2.12. The zero-order valence-electron chi connectivity index (χ0n) is 9.27. The maximum Gasteiger partial charge on any atom is 0.0663 e. The monoisotopic (exact) mass is 207 g/mol. The zero-order chi connectivity index (χ0) is 11.4. The van der Waals surface area contributed by atoms with Crippen molar-refractivity contribution in [2.24, 2.45) is 0 Å². The van der Waals surface area contributed by atoms with Crippen LogP contribution in [0.5, 0.6) is 0 Å². The summed E-state index contributed by atoms with van der Waals surface area (Å²) in [5.74, 6) is 0. The molecule has 0 aromatic heterocycles. The summed E-state index contributed by atoms with van der Waals surface area (Å²) in [6.07, 6.45) is 4.38. The Balaban J connectivity index is 2.55. The van der Waals surface area contributed by atoms with Crippen molar-refractivity contribution in [1.82, 2.24) is 0 Å². The minimum atomic E-state index is 0.461. The van der Waals surface area contributed by atoms with Gasteiger partial charge in [0.1, 0.15) is 0 Å². The summed E-state index contributed by atoms with van der Waals surface area (Å²) in [5.41, 5.74) is 2.46. The van der Waals surface area contributed by atoms with Gasteiger partial charge in [0, 0.05) is 0 Å². The van der Waals surface area contributed by atoms with Gasteiger partial charge in [0.2, 0.25) is 0 Å². The molecule has 2 aromatic rings. The maximum absolute atomic E-state index is 8.50. The number of fused-ring (bicyclic) bond motifs is 1. The number of benzene rings is 2. The first-order valence-electron chi connectivity index (χ1n) is 5.35. The summed E-state index contributed by atoms with van der Waals surface area (Å²) >= 11 is 0. The van der Waals surface area contributed by atoms with Gasteiger partial charge in [0.15, 0.2) is 0 Å². The molecule has 16 heavy (non-hydrogen) atoms. The van der Waals surface area contributed by atoms with E-state index in [4.69, 9.17) is 5.26 Å². The quantitative estimate of drug-likeness (QED) is 0.728. The molecule has 0 fully saturated rings. The van der Waals surface area contributed by atoms with Crippen molar-refractivity contribution in [1.29, 1.82) is 5.26 Å². The predicted molar refractivity (Wildman–Crippen MR) is 67.9 cm³/mol. The van der Waals surface area contributed by atoms with Gasteiger partial charge < -0.3 is 0 Å². The first-order valence-corrected chi connectivity index (χ1v) is 5.35. The van der Waals surface area contributed by atoms with E-state index in [0.717, 1.165) is 0 Å². The molecule has 1 nitrogen and oxygen atoms in total. The van der Waals surface area contributed by atoms with Crippen LogP contribution in [0.3, 0.4) is 0 Å². The van der Waals surface area contributed by atoms with Gasteiger partial charge in [0.05, 0.1) is 12.5 Å². The molecular formula is C15H13N. The fourth-order valence-corrected chi connectivity index (χ4v) is 1.86. The fourth-order valence-electron chi connectivity index (χ4n) is 1.86. The second-order valence-corrected chi connectivity index (χ2v) is 3.78. The highest BCUT2D eigenvalue weighted by Crippen LogP contribution is 2.23. The van der Waals surface area contributed by atoms with E-state index in [1.807, 2.05) is 18.2 Å². The van der Waals surface area contributed by atoms with Crippen LogP contribution in [0.1, 0.15) is 17.5 Å². The fraction of sp³-hybridized carbons (Fsp3) is 0.133. The highest BCUT2D eigenvalue weighted by molar-refractivity contribution is 5.92. The van der Waals surface area contributed by atoms with Gasteiger partial charge in [-0.25, -0.2) is 0 Å². The third-order valence-electron chi connectivity index (χ3n) is 2.68. The zero-order valence-corrected chi connectivity index (χ0v) is 9.27. The standard InChI is InChI=1S/C15H13N/c1-12-9-10-13(6-4-5-11-16)15-8-3-2-7-14(12)15/h2-4,6-10H,5H2,1H3. The topological polar surface area (TPSA) is 23.8 Å². The molecule has 0 amide bonds. The normalized spacial score (nSPS) is 10.8. The SMILES string of the molecule is Cc1ccc(C=CCC#N)c2ccccc12. The van der Waals surface area contributed by atoms with Gasteiger partial charge >= 0.3 is 0 Å². The van der Waals surface area contributed by atoms with Gasteiger partial charge in [-0.1, -0.05) is 48.6 Å². The van der Waals surface area contributed by atoms with Crippen molar-refractivity contribution in [3.63, 3.8) is 0 Å². The Labute approximate surface area is 95.6 Å². The summed E-state index contributed by atoms with van der Waals surface area (Å²) in [4.78, 5) is 0. The lowest BCUT2D eigenvalue weighted by Gasteiger charge is -2.05. The van der Waals surface area contributed by atoms with Crippen LogP contribution in [0.4, 0.5) is 0 Å². The number of aryl methyl sites for hydroxylation is 1. The van der Waals surface area contributed by atoms with Crippen molar-refractivity contribution in [2.45, 2.75) is 13.3 Å². The van der Waals surface area contributed by atoms with Crippen LogP contribution >= 0.6 is 0 Å². The summed E-state index contributed by atoms with van der Waals surface area (Å²) in [6, 6.07) is 14.7. The molecule has 0 aliphatic carbocycles. The molecule has 0 saturated heterocycles. The second kappa shape index (κ2) is 4.63. The lowest BCUT2D eigenvalue weighted by atomic mass is 10.00. The van der Waals surface area contributed by atoms with Gasteiger partial charge in [-0.3, -0.25) is 0 Å². The van der Waals surface area contributed by atoms with Crippen molar-refractivity contribution < 1.29 is 0 Å². The molecule has 2 rings (SSSR count). The number of hydrogen-bond donors (Lipinski definition) is 0. The highest BCUT2D eigenvalue weighted by atomic mass is 14.2. The van der Waals surface area contributed by atoms with Crippen molar-refractivity contribution >= 4 is 16.8 Å². The first-order chi connectivity index (χ1) is 7.83. The van der Waals surface area contributed by atoms with Crippen LogP contribution in [-0.4, -0.2) is 0 Å². The van der Waals surface area contributed by atoms with Crippen LogP contribution in [0, 0.1) is 18.3 Å². The summed E-state index contributed by atoms with van der Waals surface area (Å²) in [7, 11) is 0. The number of nitriles is 1. The van der Waals surface area contributed by atoms with Crippen LogP contribution in [0.2, 0.25) is 0 Å². The highest BCUT2D eigenvalue weighted by Gasteiger charge is 1.99. The van der Waals surface area contributed by atoms with Crippen LogP contribution < -0.4 is 0 Å². The van der Waals surface area contributed by atoms with Gasteiger partial charge in [-0.2, -0.15) is 5.26 Å². The van der Waals surface area contributed by atoms with E-state index >= 15 is 0 Å². The van der Waals surface area contributed by atoms with Crippen LogP contribution in [0.25, 0.3) is 16.8 Å². The third-order valence-corrected chi connectivity index (χ3v) is 2.68. The van der Waals surface area contributed by atoms with E-state index < -0.39 is 0 Å². The Morgan fingerprint density at radius 2 is 1.88 bits per heavy atom. The molecule has 0 aliphatic rings. The lowest BCUT2D eigenvalue weighted by molar-refractivity contribution is 1.36. The molecule has 0 heterocycles. The Hall–Kier alpha value is -2.07. The van der Waals surface area contributed by atoms with Gasteiger partial charge in [0.25, 0.3) is 0 Å². The predicted octanol–water partition coefficient (Wildman–Crippen LogP) is 4.08. The lowest BCUT2D eigenvalue weighted by Crippen LogP contribution is -1.82. The van der Waals surface area contributed by atoms with E-state index in [2.05, 4.69) is 43.3 Å². The minimum Gasteiger partial charge on any atom is -0.198 e. The minimum absolute atomic E-state index is 0.461. The van der Waals surface area contributed by atoms with Crippen LogP contribution in [-0.2, 0) is 0 Å². The smallest absolute Gasteiger partial charge is 0.0663 e. The summed E-state index contributed by atoms with van der Waals surface area (Å²) < 4.78 is 0. The Kier molecular flexibility index (Phi) is 3.03. The largest absolute Gasteiger partial charge is 0.198 e. The van der Waals surface area contributed by atoms with Gasteiger partial charge in [-0.15, -0.1) is 0 Å². The molecule has 0 unspecified atom stereocenters. The number of hydrogen-bond acceptors (Lipinski definition) is 1. The van der Waals surface area contributed by atoms with Gasteiger partial charge in [-0.05, 0) is 28.8 Å². The van der Waals surface area contributed by atoms with E-state index in [1.54, 1.807) is 0 Å². The molecule has 0 radical (unpaired) electrons. The van der Waals surface area contributed by atoms with Crippen molar-refractivity contribution in [2.75, 3.05) is 0 Å². The number of nitrogens with zero attached hydrogens (tertiary/aromatic N) is 1. The van der Waals surface area contributed by atoms with Crippen molar-refractivity contribution in [3.05, 3.63) is 53.6 Å². The third kappa shape index (κ3) is 1.97. The van der Waals surface area contributed by atoms with Crippen molar-refractivity contribution in [3.8, 4) is 6.07 Å². The van der Waals surface area contributed by atoms with E-state index in [1.165, 1.54) is 21.9 Å². The molecule has 0 bridgehead atoms. The molecule has 0 atom stereocenters. The number of allylic oxidation sites excluding steroid dienone is 1. The molecule has 0 saturated carbocycles. The molecule has 0 aliphatic heterocycles. The van der Waals surface area contributed by atoms with E-state index in [-0.39, 0.29) is 0 Å². The molecule has 78 valence electrons. The first kappa shape index (κ1) is 10.4. The van der Waals surface area contributed by atoms with E-state index in [0.29, 0.717) is 6.42 Å². The Morgan fingerprint density at radius 3 is 2.62 bits per heavy atom. The van der Waals surface area contributed by atoms with Crippen LogP contribution in [0.15, 0.2) is 42.5 Å². The molecule has 0 N–H and O–H groups in total. The Bertz CT molecular complexity index is 573.